The standard InChI is InChI=1S/C24H23N3/c1-27-17-16-25-24(27)23(22-10-6-3-7-11-22)26-18-19-12-14-21(15-13-19)20-8-4-2-5-9-20/h2-17,23,26H,18H2,1H3/t23-/m1/s1. The Morgan fingerprint density at radius 1 is 0.815 bits per heavy atom. The van der Waals surface area contributed by atoms with Crippen LogP contribution in [0.5, 0.6) is 0 Å². The van der Waals surface area contributed by atoms with E-state index in [0.717, 1.165) is 12.4 Å². The smallest absolute Gasteiger partial charge is 0.130 e. The minimum atomic E-state index is 0.0556. The van der Waals surface area contributed by atoms with Crippen molar-refractivity contribution in [3.05, 3.63) is 114 Å². The summed E-state index contributed by atoms with van der Waals surface area (Å²) in [7, 11) is 2.04. The number of aryl methyl sites for hydroxylation is 1. The fourth-order valence-corrected chi connectivity index (χ4v) is 3.32. The van der Waals surface area contributed by atoms with E-state index in [9.17, 15) is 0 Å². The number of nitrogens with one attached hydrogen (secondary N) is 1. The Kier molecular flexibility index (Phi) is 5.13. The lowest BCUT2D eigenvalue weighted by Gasteiger charge is -2.19. The van der Waals surface area contributed by atoms with Crippen molar-refractivity contribution >= 4 is 0 Å². The highest BCUT2D eigenvalue weighted by atomic mass is 15.1. The maximum Gasteiger partial charge on any atom is 0.130 e. The first-order valence-electron chi connectivity index (χ1n) is 9.21. The van der Waals surface area contributed by atoms with Crippen LogP contribution in [0, 0.1) is 0 Å². The SMILES string of the molecule is Cn1ccnc1[C@H](NCc1ccc(-c2ccccc2)cc1)c1ccccc1. The van der Waals surface area contributed by atoms with Gasteiger partial charge in [0, 0.05) is 26.0 Å². The Bertz CT molecular complexity index is 973. The normalized spacial score (nSPS) is 12.0. The molecule has 0 unspecified atom stereocenters. The van der Waals surface area contributed by atoms with Crippen molar-refractivity contribution in [2.24, 2.45) is 7.05 Å². The highest BCUT2D eigenvalue weighted by Crippen LogP contribution is 2.22. The molecule has 134 valence electrons. The van der Waals surface area contributed by atoms with E-state index < -0.39 is 0 Å². The van der Waals surface area contributed by atoms with Gasteiger partial charge >= 0.3 is 0 Å². The molecule has 1 atom stereocenters. The Hall–Kier alpha value is -3.17. The largest absolute Gasteiger partial charge is 0.336 e. The van der Waals surface area contributed by atoms with E-state index in [-0.39, 0.29) is 6.04 Å². The van der Waals surface area contributed by atoms with Crippen molar-refractivity contribution < 1.29 is 0 Å². The third kappa shape index (κ3) is 3.99. The molecule has 0 aliphatic carbocycles. The topological polar surface area (TPSA) is 29.9 Å². The average molecular weight is 353 g/mol. The van der Waals surface area contributed by atoms with Gasteiger partial charge in [-0.25, -0.2) is 4.98 Å². The van der Waals surface area contributed by atoms with E-state index in [1.807, 2.05) is 31.6 Å². The predicted octanol–water partition coefficient (Wildman–Crippen LogP) is 4.97. The maximum atomic E-state index is 4.56. The summed E-state index contributed by atoms with van der Waals surface area (Å²) in [6, 6.07) is 29.7. The molecule has 0 amide bonds. The van der Waals surface area contributed by atoms with Crippen LogP contribution in [-0.2, 0) is 13.6 Å². The van der Waals surface area contributed by atoms with Gasteiger partial charge in [-0.2, -0.15) is 0 Å². The summed E-state index contributed by atoms with van der Waals surface area (Å²) in [4.78, 5) is 4.56. The zero-order valence-corrected chi connectivity index (χ0v) is 15.4. The Morgan fingerprint density at radius 3 is 2.07 bits per heavy atom. The van der Waals surface area contributed by atoms with E-state index in [1.165, 1.54) is 22.3 Å². The van der Waals surface area contributed by atoms with Crippen molar-refractivity contribution in [3.63, 3.8) is 0 Å². The molecular formula is C24H23N3. The van der Waals surface area contributed by atoms with Crippen LogP contribution in [0.1, 0.15) is 23.0 Å². The molecule has 3 aromatic carbocycles. The van der Waals surface area contributed by atoms with Gasteiger partial charge in [0.25, 0.3) is 0 Å². The quantitative estimate of drug-likeness (QED) is 0.530. The Balaban J connectivity index is 1.52. The highest BCUT2D eigenvalue weighted by molar-refractivity contribution is 5.63. The van der Waals surface area contributed by atoms with Crippen LogP contribution in [0.25, 0.3) is 11.1 Å². The molecular weight excluding hydrogens is 330 g/mol. The van der Waals surface area contributed by atoms with E-state index in [0.29, 0.717) is 0 Å². The molecule has 4 aromatic rings. The van der Waals surface area contributed by atoms with Crippen molar-refractivity contribution in [3.8, 4) is 11.1 Å². The lowest BCUT2D eigenvalue weighted by Crippen LogP contribution is -2.24. The summed E-state index contributed by atoms with van der Waals surface area (Å²) in [5, 5.41) is 3.67. The third-order valence-corrected chi connectivity index (χ3v) is 4.82. The number of benzene rings is 3. The number of nitrogens with zero attached hydrogens (tertiary/aromatic N) is 2. The second kappa shape index (κ2) is 8.02. The zero-order chi connectivity index (χ0) is 18.5. The minimum Gasteiger partial charge on any atom is -0.336 e. The van der Waals surface area contributed by atoms with Gasteiger partial charge in [0.15, 0.2) is 0 Å². The minimum absolute atomic E-state index is 0.0556. The summed E-state index contributed by atoms with van der Waals surface area (Å²) in [6.07, 6.45) is 3.84. The lowest BCUT2D eigenvalue weighted by molar-refractivity contribution is 0.558. The number of aromatic nitrogens is 2. The van der Waals surface area contributed by atoms with Crippen molar-refractivity contribution in [2.45, 2.75) is 12.6 Å². The second-order valence-corrected chi connectivity index (χ2v) is 6.68. The van der Waals surface area contributed by atoms with Crippen LogP contribution in [0.4, 0.5) is 0 Å². The van der Waals surface area contributed by atoms with Crippen LogP contribution in [0.3, 0.4) is 0 Å². The van der Waals surface area contributed by atoms with Crippen LogP contribution >= 0.6 is 0 Å². The first-order chi connectivity index (χ1) is 13.3. The van der Waals surface area contributed by atoms with E-state index in [2.05, 4.69) is 87.7 Å². The van der Waals surface area contributed by atoms with E-state index in [1.54, 1.807) is 0 Å². The van der Waals surface area contributed by atoms with Gasteiger partial charge in [-0.1, -0.05) is 84.9 Å². The first-order valence-corrected chi connectivity index (χ1v) is 9.21. The van der Waals surface area contributed by atoms with Gasteiger partial charge in [0.2, 0.25) is 0 Å². The maximum absolute atomic E-state index is 4.56. The first kappa shape index (κ1) is 17.3. The number of rotatable bonds is 6. The predicted molar refractivity (Wildman–Crippen MR) is 110 cm³/mol. The molecule has 0 saturated carbocycles. The zero-order valence-electron chi connectivity index (χ0n) is 15.4. The summed E-state index contributed by atoms with van der Waals surface area (Å²) >= 11 is 0. The second-order valence-electron chi connectivity index (χ2n) is 6.68. The Labute approximate surface area is 160 Å². The molecule has 1 N–H and O–H groups in total. The van der Waals surface area contributed by atoms with Crippen molar-refractivity contribution in [1.29, 1.82) is 0 Å². The molecule has 27 heavy (non-hydrogen) atoms. The fraction of sp³-hybridized carbons (Fsp3) is 0.125. The third-order valence-electron chi connectivity index (χ3n) is 4.82. The van der Waals surface area contributed by atoms with Crippen LogP contribution < -0.4 is 5.32 Å². The molecule has 0 bridgehead atoms. The number of hydrogen-bond donors (Lipinski definition) is 1. The number of imidazole rings is 1. The van der Waals surface area contributed by atoms with Gasteiger partial charge < -0.3 is 4.57 Å². The molecule has 0 fully saturated rings. The van der Waals surface area contributed by atoms with Gasteiger partial charge in [0.05, 0.1) is 6.04 Å². The molecule has 0 radical (unpaired) electrons. The molecule has 3 heteroatoms. The molecule has 0 aliphatic rings. The van der Waals surface area contributed by atoms with Crippen molar-refractivity contribution in [2.75, 3.05) is 0 Å². The fourth-order valence-electron chi connectivity index (χ4n) is 3.32. The highest BCUT2D eigenvalue weighted by Gasteiger charge is 2.17. The van der Waals surface area contributed by atoms with Crippen LogP contribution in [-0.4, -0.2) is 9.55 Å². The van der Waals surface area contributed by atoms with E-state index >= 15 is 0 Å². The molecule has 0 saturated heterocycles. The van der Waals surface area contributed by atoms with Gasteiger partial charge in [-0.05, 0) is 22.3 Å². The number of hydrogen-bond acceptors (Lipinski definition) is 2. The monoisotopic (exact) mass is 353 g/mol. The molecule has 0 aliphatic heterocycles. The van der Waals surface area contributed by atoms with Crippen LogP contribution in [0.15, 0.2) is 97.3 Å². The van der Waals surface area contributed by atoms with Gasteiger partial charge in [0.1, 0.15) is 5.82 Å². The van der Waals surface area contributed by atoms with E-state index in [4.69, 9.17) is 0 Å². The summed E-state index contributed by atoms with van der Waals surface area (Å²) in [6.45, 7) is 0.779. The average Bonchev–Trinajstić information content (AvgIpc) is 3.16. The molecule has 1 heterocycles. The van der Waals surface area contributed by atoms with Crippen molar-refractivity contribution in [1.82, 2.24) is 14.9 Å². The molecule has 1 aromatic heterocycles. The molecule has 3 nitrogen and oxygen atoms in total. The Morgan fingerprint density at radius 2 is 1.44 bits per heavy atom. The summed E-state index contributed by atoms with van der Waals surface area (Å²) in [5.41, 5.74) is 4.95. The lowest BCUT2D eigenvalue weighted by atomic mass is 10.0. The van der Waals surface area contributed by atoms with Gasteiger partial charge in [-0.3, -0.25) is 5.32 Å². The summed E-state index contributed by atoms with van der Waals surface area (Å²) < 4.78 is 2.07. The van der Waals surface area contributed by atoms with Gasteiger partial charge in [-0.15, -0.1) is 0 Å². The molecule has 4 rings (SSSR count). The molecule has 0 spiro atoms. The van der Waals surface area contributed by atoms with Crippen LogP contribution in [0.2, 0.25) is 0 Å². The summed E-state index contributed by atoms with van der Waals surface area (Å²) in [5.74, 6) is 1.02.